The molecule has 1 unspecified atom stereocenters. The Bertz CT molecular complexity index is 256. The summed E-state index contributed by atoms with van der Waals surface area (Å²) in [6, 6.07) is 0. The molecule has 0 aliphatic heterocycles. The SMILES string of the molecule is CCCCCCCCC(C)CCCO.O=S(=O)(O)O. The first-order valence-corrected chi connectivity index (χ1v) is 8.51. The van der Waals surface area contributed by atoms with Gasteiger partial charge >= 0.3 is 10.4 Å². The smallest absolute Gasteiger partial charge is 0.394 e. The van der Waals surface area contributed by atoms with Crippen molar-refractivity contribution in [2.75, 3.05) is 6.61 Å². The number of rotatable bonds is 10. The van der Waals surface area contributed by atoms with Crippen molar-refractivity contribution in [3.63, 3.8) is 0 Å². The van der Waals surface area contributed by atoms with Crippen molar-refractivity contribution < 1.29 is 22.6 Å². The van der Waals surface area contributed by atoms with E-state index in [2.05, 4.69) is 13.8 Å². The minimum Gasteiger partial charge on any atom is -0.396 e. The van der Waals surface area contributed by atoms with Gasteiger partial charge in [0.2, 0.25) is 0 Å². The molecule has 0 saturated carbocycles. The standard InChI is InChI=1S/C13H28O.H2O4S/c1-3-4-5-6-7-8-10-13(2)11-9-12-14;1-5(2,3)4/h13-14H,3-12H2,1-2H3;(H2,1,2,3,4). The minimum atomic E-state index is -4.67. The zero-order valence-corrected chi connectivity index (χ0v) is 13.0. The zero-order valence-electron chi connectivity index (χ0n) is 12.2. The molecule has 118 valence electrons. The number of unbranched alkanes of at least 4 members (excludes halogenated alkanes) is 5. The molecule has 3 N–H and O–H groups in total. The molecule has 0 bridgehead atoms. The fourth-order valence-corrected chi connectivity index (χ4v) is 1.86. The highest BCUT2D eigenvalue weighted by molar-refractivity contribution is 7.79. The summed E-state index contributed by atoms with van der Waals surface area (Å²) in [6.07, 6.45) is 11.9. The zero-order chi connectivity index (χ0) is 15.1. The molecule has 0 spiro atoms. The van der Waals surface area contributed by atoms with Crippen molar-refractivity contribution in [2.45, 2.75) is 71.6 Å². The Labute approximate surface area is 118 Å². The maximum absolute atomic E-state index is 8.74. The molecule has 0 radical (unpaired) electrons. The van der Waals surface area contributed by atoms with Gasteiger partial charge in [-0.15, -0.1) is 0 Å². The maximum atomic E-state index is 8.74. The second-order valence-electron chi connectivity index (χ2n) is 4.98. The van der Waals surface area contributed by atoms with Crippen molar-refractivity contribution in [3.8, 4) is 0 Å². The predicted molar refractivity (Wildman–Crippen MR) is 77.7 cm³/mol. The van der Waals surface area contributed by atoms with Gasteiger partial charge in [0, 0.05) is 6.61 Å². The summed E-state index contributed by atoms with van der Waals surface area (Å²) in [5.74, 6) is 0.813. The molecule has 0 aliphatic rings. The molecule has 0 aromatic rings. The lowest BCUT2D eigenvalue weighted by atomic mass is 9.98. The monoisotopic (exact) mass is 298 g/mol. The van der Waals surface area contributed by atoms with Gasteiger partial charge in [0.1, 0.15) is 0 Å². The van der Waals surface area contributed by atoms with Gasteiger partial charge in [-0.05, 0) is 18.8 Å². The fourth-order valence-electron chi connectivity index (χ4n) is 1.86. The van der Waals surface area contributed by atoms with Crippen LogP contribution < -0.4 is 0 Å². The number of aliphatic hydroxyl groups excluding tert-OH is 1. The number of hydrogen-bond donors (Lipinski definition) is 3. The summed E-state index contributed by atoms with van der Waals surface area (Å²) in [6.45, 7) is 4.93. The summed E-state index contributed by atoms with van der Waals surface area (Å²) in [5, 5.41) is 8.68. The largest absolute Gasteiger partial charge is 0.396 e. The van der Waals surface area contributed by atoms with Crippen LogP contribution >= 0.6 is 0 Å². The minimum absolute atomic E-state index is 0.362. The molecule has 0 amide bonds. The maximum Gasteiger partial charge on any atom is 0.394 e. The summed E-state index contributed by atoms with van der Waals surface area (Å²) in [5.41, 5.74) is 0. The van der Waals surface area contributed by atoms with E-state index in [0.717, 1.165) is 12.3 Å². The lowest BCUT2D eigenvalue weighted by Crippen LogP contribution is -1.96. The Morgan fingerprint density at radius 3 is 1.79 bits per heavy atom. The highest BCUT2D eigenvalue weighted by Gasteiger charge is 2.00. The average molecular weight is 298 g/mol. The van der Waals surface area contributed by atoms with Gasteiger partial charge < -0.3 is 5.11 Å². The summed E-state index contributed by atoms with van der Waals surface area (Å²) >= 11 is 0. The Balaban J connectivity index is 0. The molecule has 0 aromatic carbocycles. The van der Waals surface area contributed by atoms with Gasteiger partial charge in [0.05, 0.1) is 0 Å². The van der Waals surface area contributed by atoms with E-state index in [1.807, 2.05) is 0 Å². The third kappa shape index (κ3) is 31.9. The molecular formula is C13H30O5S. The predicted octanol–water partition coefficient (Wildman–Crippen LogP) is 3.49. The Hall–Kier alpha value is -0.170. The van der Waals surface area contributed by atoms with Crippen LogP contribution in [0.4, 0.5) is 0 Å². The van der Waals surface area contributed by atoms with E-state index in [0.29, 0.717) is 6.61 Å². The van der Waals surface area contributed by atoms with Crippen molar-refractivity contribution in [1.29, 1.82) is 0 Å². The third-order valence-corrected chi connectivity index (χ3v) is 2.91. The molecule has 6 heteroatoms. The van der Waals surface area contributed by atoms with Gasteiger partial charge in [0.25, 0.3) is 0 Å². The summed E-state index contributed by atoms with van der Waals surface area (Å²) < 4.78 is 31.6. The molecule has 0 aromatic heterocycles. The number of aliphatic hydroxyl groups is 1. The third-order valence-electron chi connectivity index (χ3n) is 2.91. The fraction of sp³-hybridized carbons (Fsp3) is 1.00. The van der Waals surface area contributed by atoms with Crippen LogP contribution in [0.5, 0.6) is 0 Å². The molecule has 0 saturated heterocycles. The first kappa shape index (κ1) is 21.1. The average Bonchev–Trinajstić information content (AvgIpc) is 2.29. The van der Waals surface area contributed by atoms with E-state index in [1.54, 1.807) is 0 Å². The highest BCUT2D eigenvalue weighted by Crippen LogP contribution is 2.15. The molecule has 0 aliphatic carbocycles. The van der Waals surface area contributed by atoms with Crippen LogP contribution in [0, 0.1) is 5.92 Å². The topological polar surface area (TPSA) is 94.8 Å². The summed E-state index contributed by atoms with van der Waals surface area (Å²) in [7, 11) is -4.67. The molecule has 0 heterocycles. The highest BCUT2D eigenvalue weighted by atomic mass is 32.3. The molecular weight excluding hydrogens is 268 g/mol. The summed E-state index contributed by atoms with van der Waals surface area (Å²) in [4.78, 5) is 0. The van der Waals surface area contributed by atoms with Crippen LogP contribution in [0.3, 0.4) is 0 Å². The van der Waals surface area contributed by atoms with Gasteiger partial charge in [-0.1, -0.05) is 58.8 Å². The van der Waals surface area contributed by atoms with Crippen LogP contribution in [-0.4, -0.2) is 29.2 Å². The molecule has 1 atom stereocenters. The molecule has 5 nitrogen and oxygen atoms in total. The van der Waals surface area contributed by atoms with Crippen LogP contribution in [0.2, 0.25) is 0 Å². The van der Waals surface area contributed by atoms with Gasteiger partial charge in [-0.25, -0.2) is 0 Å². The van der Waals surface area contributed by atoms with E-state index >= 15 is 0 Å². The van der Waals surface area contributed by atoms with Crippen LogP contribution in [0.15, 0.2) is 0 Å². The van der Waals surface area contributed by atoms with Crippen molar-refractivity contribution in [3.05, 3.63) is 0 Å². The normalized spacial score (nSPS) is 12.7. The second-order valence-corrected chi connectivity index (χ2v) is 5.87. The second kappa shape index (κ2) is 14.2. The first-order valence-electron chi connectivity index (χ1n) is 7.12. The Morgan fingerprint density at radius 1 is 0.895 bits per heavy atom. The van der Waals surface area contributed by atoms with Crippen LogP contribution in [0.25, 0.3) is 0 Å². The molecule has 0 fully saturated rings. The van der Waals surface area contributed by atoms with Crippen LogP contribution in [0.1, 0.15) is 71.6 Å². The van der Waals surface area contributed by atoms with Crippen molar-refractivity contribution in [2.24, 2.45) is 5.92 Å². The molecule has 0 rings (SSSR count). The van der Waals surface area contributed by atoms with Gasteiger partial charge in [-0.2, -0.15) is 8.42 Å². The van der Waals surface area contributed by atoms with E-state index in [9.17, 15) is 0 Å². The van der Waals surface area contributed by atoms with Crippen molar-refractivity contribution >= 4 is 10.4 Å². The van der Waals surface area contributed by atoms with Crippen LogP contribution in [-0.2, 0) is 10.4 Å². The van der Waals surface area contributed by atoms with Crippen molar-refractivity contribution in [1.82, 2.24) is 0 Å². The Morgan fingerprint density at radius 2 is 1.32 bits per heavy atom. The molecule has 19 heavy (non-hydrogen) atoms. The van der Waals surface area contributed by atoms with Gasteiger partial charge in [-0.3, -0.25) is 9.11 Å². The Kier molecular flexibility index (Phi) is 15.8. The van der Waals surface area contributed by atoms with Gasteiger partial charge in [0.15, 0.2) is 0 Å². The van der Waals surface area contributed by atoms with E-state index < -0.39 is 10.4 Å². The van der Waals surface area contributed by atoms with E-state index in [-0.39, 0.29) is 0 Å². The quantitative estimate of drug-likeness (QED) is 0.424. The van der Waals surface area contributed by atoms with E-state index in [1.165, 1.54) is 51.4 Å². The number of hydrogen-bond acceptors (Lipinski definition) is 3. The lowest BCUT2D eigenvalue weighted by Gasteiger charge is -2.09. The van der Waals surface area contributed by atoms with E-state index in [4.69, 9.17) is 22.6 Å². The first-order chi connectivity index (χ1) is 8.81. The lowest BCUT2D eigenvalue weighted by molar-refractivity contribution is 0.270.